The largest absolute Gasteiger partial charge is 0.387 e. The van der Waals surface area contributed by atoms with E-state index in [2.05, 4.69) is 16.1 Å². The lowest BCUT2D eigenvalue weighted by molar-refractivity contribution is -0.0674. The predicted octanol–water partition coefficient (Wildman–Crippen LogP) is -1.18. The van der Waals surface area contributed by atoms with Crippen LogP contribution in [-0.4, -0.2) is 72.7 Å². The normalized spacial score (nSPS) is 32.2. The Morgan fingerprint density at radius 1 is 1.35 bits per heavy atom. The van der Waals surface area contributed by atoms with Crippen LogP contribution in [0.15, 0.2) is 29.2 Å². The molecule has 2 unspecified atom stereocenters. The van der Waals surface area contributed by atoms with E-state index in [0.717, 1.165) is 0 Å². The number of hydrogen-bond acceptors (Lipinski definition) is 9. The Bertz CT molecular complexity index is 733. The molecule has 5 atom stereocenters. The van der Waals surface area contributed by atoms with Crippen molar-refractivity contribution in [1.29, 1.82) is 0 Å². The number of nitrogens with two attached hydrogens (primary N) is 1. The molecule has 2 rings (SSSR count). The van der Waals surface area contributed by atoms with Crippen LogP contribution in [0.2, 0.25) is 0 Å². The lowest BCUT2D eigenvalue weighted by Gasteiger charge is -2.31. The minimum absolute atomic E-state index is 0.153. The molecule has 0 spiro atoms. The number of ether oxygens (including phenoxy) is 1. The van der Waals surface area contributed by atoms with Gasteiger partial charge in [-0.25, -0.2) is 4.99 Å². The molecule has 1 fully saturated rings. The summed E-state index contributed by atoms with van der Waals surface area (Å²) in [6.07, 6.45) is -3.74. The van der Waals surface area contributed by atoms with Crippen LogP contribution < -0.4 is 5.73 Å². The molecule has 0 aromatic heterocycles. The maximum Gasteiger partial charge on any atom is 0.340 e. The molecule has 2 aliphatic heterocycles. The smallest absolute Gasteiger partial charge is 0.340 e. The van der Waals surface area contributed by atoms with E-state index in [1.54, 1.807) is 6.92 Å². The highest BCUT2D eigenvalue weighted by Gasteiger charge is 2.47. The molecule has 0 bridgehead atoms. The summed E-state index contributed by atoms with van der Waals surface area (Å²) in [5.74, 6) is -0.980. The van der Waals surface area contributed by atoms with Crippen molar-refractivity contribution < 1.29 is 43.3 Å². The van der Waals surface area contributed by atoms with Crippen molar-refractivity contribution in [2.75, 3.05) is 12.5 Å². The number of amidine groups is 1. The van der Waals surface area contributed by atoms with Gasteiger partial charge in [-0.1, -0.05) is 6.58 Å². The van der Waals surface area contributed by atoms with E-state index >= 15 is 0 Å². The molecule has 14 heteroatoms. The standard InChI is InChI=1S/C12H21N3O9P2/c1-6-3-15(7(2)14-11(6)13)12-10(17)9(16)8(24-12)4-23-26(21,22)5-25(18,19)20/h3,8-10,12,16-17H,2,4-5H2,1H3,(H2,13,14)(H,21,22)(H2,18,19,20)/t8-,9?,10+,12-/m1/s1. The highest BCUT2D eigenvalue weighted by Crippen LogP contribution is 2.55. The van der Waals surface area contributed by atoms with Gasteiger partial charge < -0.3 is 44.8 Å². The molecule has 1 saturated heterocycles. The second kappa shape index (κ2) is 7.51. The Hall–Kier alpha value is -1.07. The second-order valence-corrected chi connectivity index (χ2v) is 9.91. The van der Waals surface area contributed by atoms with Crippen molar-refractivity contribution in [3.63, 3.8) is 0 Å². The molecule has 0 radical (unpaired) electrons. The van der Waals surface area contributed by atoms with E-state index in [1.165, 1.54) is 11.1 Å². The van der Waals surface area contributed by atoms with Crippen molar-refractivity contribution in [2.45, 2.75) is 31.5 Å². The maximum atomic E-state index is 11.7. The molecule has 0 aliphatic carbocycles. The predicted molar refractivity (Wildman–Crippen MR) is 89.7 cm³/mol. The van der Waals surface area contributed by atoms with Crippen molar-refractivity contribution >= 4 is 21.0 Å². The van der Waals surface area contributed by atoms with Gasteiger partial charge in [-0.05, 0) is 6.92 Å². The Morgan fingerprint density at radius 2 is 1.96 bits per heavy atom. The number of nitrogens with zero attached hydrogens (tertiary/aromatic N) is 2. The van der Waals surface area contributed by atoms with E-state index in [9.17, 15) is 24.2 Å². The summed E-state index contributed by atoms with van der Waals surface area (Å²) >= 11 is 0. The van der Waals surface area contributed by atoms with Gasteiger partial charge >= 0.3 is 15.2 Å². The van der Waals surface area contributed by atoms with Gasteiger partial charge in [0.1, 0.15) is 30.0 Å². The Labute approximate surface area is 148 Å². The minimum atomic E-state index is -4.78. The summed E-state index contributed by atoms with van der Waals surface area (Å²) in [5.41, 5.74) is 6.24. The fourth-order valence-electron chi connectivity index (χ4n) is 2.41. The summed E-state index contributed by atoms with van der Waals surface area (Å²) in [6, 6.07) is 0. The summed E-state index contributed by atoms with van der Waals surface area (Å²) in [5, 5.41) is 20.3. The fourth-order valence-corrected chi connectivity index (χ4v) is 4.98. The third kappa shape index (κ3) is 5.01. The zero-order valence-corrected chi connectivity index (χ0v) is 15.5. The first-order valence-electron chi connectivity index (χ1n) is 7.33. The summed E-state index contributed by atoms with van der Waals surface area (Å²) < 4.78 is 32.6. The van der Waals surface area contributed by atoms with Crippen LogP contribution >= 0.6 is 15.2 Å². The third-order valence-electron chi connectivity index (χ3n) is 3.70. The number of aliphatic hydroxyl groups is 2. The zero-order valence-electron chi connectivity index (χ0n) is 13.7. The molecular weight excluding hydrogens is 392 g/mol. The fraction of sp³-hybridized carbons (Fsp3) is 0.583. The highest BCUT2D eigenvalue weighted by atomic mass is 31.2. The molecule has 0 saturated carbocycles. The number of hydrogen-bond donors (Lipinski definition) is 6. The first-order valence-corrected chi connectivity index (χ1v) is 10.9. The van der Waals surface area contributed by atoms with Crippen molar-refractivity contribution in [1.82, 2.24) is 4.90 Å². The average molecular weight is 413 g/mol. The van der Waals surface area contributed by atoms with Gasteiger partial charge in [0.05, 0.1) is 6.61 Å². The Balaban J connectivity index is 2.05. The van der Waals surface area contributed by atoms with Crippen molar-refractivity contribution in [3.05, 3.63) is 24.2 Å². The maximum absolute atomic E-state index is 11.7. The van der Waals surface area contributed by atoms with Gasteiger partial charge in [0.15, 0.2) is 12.1 Å². The first-order chi connectivity index (χ1) is 11.8. The van der Waals surface area contributed by atoms with Gasteiger partial charge in [-0.15, -0.1) is 0 Å². The molecule has 26 heavy (non-hydrogen) atoms. The van der Waals surface area contributed by atoms with Gasteiger partial charge in [0.25, 0.3) is 0 Å². The lowest BCUT2D eigenvalue weighted by Crippen LogP contribution is -2.42. The minimum Gasteiger partial charge on any atom is -0.387 e. The molecule has 7 N–H and O–H groups in total. The quantitative estimate of drug-likeness (QED) is 0.287. The monoisotopic (exact) mass is 413 g/mol. The average Bonchev–Trinajstić information content (AvgIpc) is 2.75. The van der Waals surface area contributed by atoms with Crippen LogP contribution in [-0.2, 0) is 18.4 Å². The molecule has 12 nitrogen and oxygen atoms in total. The number of aliphatic hydroxyl groups excluding tert-OH is 2. The SMILES string of the molecule is C=C1N=C(N)C(C)=CN1[C@@H]1O[C@H](COP(=O)(O)CP(=O)(O)O)C(O)[C@@H]1O. The molecule has 148 valence electrons. The van der Waals surface area contributed by atoms with Crippen LogP contribution in [0.1, 0.15) is 6.92 Å². The van der Waals surface area contributed by atoms with E-state index in [-0.39, 0.29) is 11.7 Å². The molecule has 2 heterocycles. The summed E-state index contributed by atoms with van der Waals surface area (Å²) in [6.45, 7) is 4.67. The molecular formula is C12H21N3O9P2. The zero-order chi connectivity index (χ0) is 19.9. The number of rotatable bonds is 6. The Kier molecular flexibility index (Phi) is 6.13. The van der Waals surface area contributed by atoms with Gasteiger partial charge in [-0.3, -0.25) is 9.13 Å². The summed E-state index contributed by atoms with van der Waals surface area (Å²) in [4.78, 5) is 32.3. The van der Waals surface area contributed by atoms with Crippen LogP contribution in [0.4, 0.5) is 0 Å². The van der Waals surface area contributed by atoms with Crippen LogP contribution in [0.25, 0.3) is 0 Å². The van der Waals surface area contributed by atoms with Crippen LogP contribution in [0.3, 0.4) is 0 Å². The van der Waals surface area contributed by atoms with Crippen molar-refractivity contribution in [2.24, 2.45) is 10.7 Å². The highest BCUT2D eigenvalue weighted by molar-refractivity contribution is 7.70. The topological polar surface area (TPSA) is 195 Å². The van der Waals surface area contributed by atoms with E-state index in [4.69, 9.17) is 20.3 Å². The molecule has 2 aliphatic rings. The second-order valence-electron chi connectivity index (χ2n) is 5.92. The van der Waals surface area contributed by atoms with Crippen molar-refractivity contribution in [3.8, 4) is 0 Å². The molecule has 0 aromatic rings. The van der Waals surface area contributed by atoms with Gasteiger partial charge in [0.2, 0.25) is 0 Å². The van der Waals surface area contributed by atoms with E-state index in [1.807, 2.05) is 0 Å². The molecule has 0 aromatic carbocycles. The number of aliphatic imine (C=N–C) groups is 1. The van der Waals surface area contributed by atoms with Gasteiger partial charge in [0, 0.05) is 11.8 Å². The van der Waals surface area contributed by atoms with Gasteiger partial charge in [-0.2, -0.15) is 0 Å². The first kappa shape index (κ1) is 21.2. The van der Waals surface area contributed by atoms with Crippen LogP contribution in [0, 0.1) is 0 Å². The molecule has 0 amide bonds. The van der Waals surface area contributed by atoms with E-state index in [0.29, 0.717) is 5.57 Å². The summed E-state index contributed by atoms with van der Waals surface area (Å²) in [7, 11) is -9.39. The van der Waals surface area contributed by atoms with Crippen LogP contribution in [0.5, 0.6) is 0 Å². The Morgan fingerprint density at radius 3 is 2.54 bits per heavy atom. The lowest BCUT2D eigenvalue weighted by atomic mass is 10.1. The third-order valence-corrected chi connectivity index (χ3v) is 7.16. The van der Waals surface area contributed by atoms with E-state index < -0.39 is 52.2 Å².